The summed E-state index contributed by atoms with van der Waals surface area (Å²) in [6.07, 6.45) is 4.57. The van der Waals surface area contributed by atoms with Crippen LogP contribution < -0.4 is 11.2 Å². The van der Waals surface area contributed by atoms with Crippen molar-refractivity contribution in [1.29, 1.82) is 0 Å². The maximum atomic E-state index is 11.9. The van der Waals surface area contributed by atoms with Gasteiger partial charge in [-0.25, -0.2) is 4.68 Å². The number of rotatable bonds is 8. The Morgan fingerprint density at radius 3 is 2.59 bits per heavy atom. The van der Waals surface area contributed by atoms with Crippen LogP contribution in [0.1, 0.15) is 66.1 Å². The van der Waals surface area contributed by atoms with E-state index in [1.54, 1.807) is 0 Å². The molecule has 0 aromatic carbocycles. The van der Waals surface area contributed by atoms with Crippen molar-refractivity contribution < 1.29 is 4.79 Å². The van der Waals surface area contributed by atoms with Gasteiger partial charge in [0.05, 0.1) is 5.75 Å². The lowest BCUT2D eigenvalue weighted by Crippen LogP contribution is -2.34. The number of hydrogen-bond acceptors (Lipinski definition) is 5. The first-order valence-corrected chi connectivity index (χ1v) is 8.87. The quantitative estimate of drug-likeness (QED) is 0.435. The van der Waals surface area contributed by atoms with Gasteiger partial charge in [-0.05, 0) is 13.3 Å². The van der Waals surface area contributed by atoms with Crippen molar-refractivity contribution in [2.45, 2.75) is 76.9 Å². The lowest BCUT2D eigenvalue weighted by molar-refractivity contribution is -0.119. The van der Waals surface area contributed by atoms with Gasteiger partial charge in [-0.2, -0.15) is 0 Å². The van der Waals surface area contributed by atoms with Gasteiger partial charge in [-0.15, -0.1) is 10.2 Å². The van der Waals surface area contributed by atoms with Gasteiger partial charge in [-0.1, -0.05) is 58.7 Å². The molecule has 1 unspecified atom stereocenters. The van der Waals surface area contributed by atoms with Crippen LogP contribution in [0.25, 0.3) is 0 Å². The van der Waals surface area contributed by atoms with Gasteiger partial charge in [0.2, 0.25) is 11.1 Å². The summed E-state index contributed by atoms with van der Waals surface area (Å²) in [6.45, 7) is 10.3. The summed E-state index contributed by atoms with van der Waals surface area (Å²) in [5, 5.41) is 11.8. The standard InChI is InChI=1S/C15H29N5OS/c1-6-7-8-9-11(2)17-12(21)10-22-14-19-18-13(20(14)16)15(3,4)5/h11H,6-10,16H2,1-5H3,(H,17,21). The summed E-state index contributed by atoms with van der Waals surface area (Å²) >= 11 is 1.31. The van der Waals surface area contributed by atoms with Crippen molar-refractivity contribution in [1.82, 2.24) is 20.2 Å². The minimum absolute atomic E-state index is 0.00862. The largest absolute Gasteiger partial charge is 0.353 e. The third-order valence-electron chi connectivity index (χ3n) is 3.32. The number of aromatic nitrogens is 3. The molecule has 0 saturated heterocycles. The predicted octanol–water partition coefficient (Wildman–Crippen LogP) is 2.47. The van der Waals surface area contributed by atoms with E-state index in [4.69, 9.17) is 5.84 Å². The molecule has 1 atom stereocenters. The van der Waals surface area contributed by atoms with E-state index in [1.165, 1.54) is 29.3 Å². The van der Waals surface area contributed by atoms with Crippen LogP contribution in [0.15, 0.2) is 5.16 Å². The van der Waals surface area contributed by atoms with Gasteiger partial charge in [0, 0.05) is 11.5 Å². The highest BCUT2D eigenvalue weighted by molar-refractivity contribution is 7.99. The number of nitrogens with zero attached hydrogens (tertiary/aromatic N) is 3. The van der Waals surface area contributed by atoms with Gasteiger partial charge < -0.3 is 11.2 Å². The Hall–Kier alpha value is -1.24. The maximum absolute atomic E-state index is 11.9. The van der Waals surface area contributed by atoms with Crippen molar-refractivity contribution in [3.8, 4) is 0 Å². The van der Waals surface area contributed by atoms with E-state index >= 15 is 0 Å². The lowest BCUT2D eigenvalue weighted by atomic mass is 9.96. The SMILES string of the molecule is CCCCCC(C)NC(=O)CSc1nnc(C(C)(C)C)n1N. The zero-order valence-corrected chi connectivity index (χ0v) is 15.2. The number of thioether (sulfide) groups is 1. The Balaban J connectivity index is 2.43. The summed E-state index contributed by atoms with van der Waals surface area (Å²) in [6, 6.07) is 0.209. The molecule has 1 aromatic heterocycles. The number of unbranched alkanes of at least 4 members (excludes halogenated alkanes) is 2. The van der Waals surface area contributed by atoms with E-state index in [0.717, 1.165) is 12.8 Å². The van der Waals surface area contributed by atoms with Gasteiger partial charge in [0.15, 0.2) is 5.82 Å². The van der Waals surface area contributed by atoms with Gasteiger partial charge >= 0.3 is 0 Å². The summed E-state index contributed by atoms with van der Waals surface area (Å²) < 4.78 is 1.47. The Kier molecular flexibility index (Phi) is 7.19. The Morgan fingerprint density at radius 1 is 1.36 bits per heavy atom. The molecule has 1 amide bonds. The zero-order valence-electron chi connectivity index (χ0n) is 14.3. The smallest absolute Gasteiger partial charge is 0.230 e. The normalized spacial score (nSPS) is 13.1. The summed E-state index contributed by atoms with van der Waals surface area (Å²) in [7, 11) is 0. The molecule has 1 aromatic rings. The van der Waals surface area contributed by atoms with Crippen molar-refractivity contribution >= 4 is 17.7 Å². The highest BCUT2D eigenvalue weighted by atomic mass is 32.2. The fourth-order valence-electron chi connectivity index (χ4n) is 2.11. The first-order valence-electron chi connectivity index (χ1n) is 7.88. The second kappa shape index (κ2) is 8.41. The van der Waals surface area contributed by atoms with E-state index in [1.807, 2.05) is 27.7 Å². The highest BCUT2D eigenvalue weighted by Gasteiger charge is 2.23. The number of nitrogens with one attached hydrogen (secondary N) is 1. The van der Waals surface area contributed by atoms with Crippen molar-refractivity contribution in [2.24, 2.45) is 0 Å². The number of amides is 1. The van der Waals surface area contributed by atoms with Crippen LogP contribution in [0, 0.1) is 0 Å². The molecule has 0 spiro atoms. The molecule has 7 heteroatoms. The number of carbonyl (C=O) groups excluding carboxylic acids is 1. The second-order valence-corrected chi connectivity index (χ2v) is 7.62. The average Bonchev–Trinajstić information content (AvgIpc) is 2.78. The van der Waals surface area contributed by atoms with Crippen LogP contribution in [0.2, 0.25) is 0 Å². The zero-order chi connectivity index (χ0) is 16.8. The fraction of sp³-hybridized carbons (Fsp3) is 0.800. The van der Waals surface area contributed by atoms with Gasteiger partial charge in [0.1, 0.15) is 0 Å². The lowest BCUT2D eigenvalue weighted by Gasteiger charge is -2.16. The van der Waals surface area contributed by atoms with Gasteiger partial charge in [0.25, 0.3) is 0 Å². The number of nitrogens with two attached hydrogens (primary N) is 1. The minimum Gasteiger partial charge on any atom is -0.353 e. The third-order valence-corrected chi connectivity index (χ3v) is 4.26. The van der Waals surface area contributed by atoms with E-state index in [2.05, 4.69) is 22.4 Å². The summed E-state index contributed by atoms with van der Waals surface area (Å²) in [4.78, 5) is 11.9. The van der Waals surface area contributed by atoms with Gasteiger partial charge in [-0.3, -0.25) is 4.79 Å². The molecule has 0 fully saturated rings. The van der Waals surface area contributed by atoms with Crippen LogP contribution >= 0.6 is 11.8 Å². The number of hydrogen-bond donors (Lipinski definition) is 2. The first kappa shape index (κ1) is 18.8. The summed E-state index contributed by atoms with van der Waals surface area (Å²) in [5.41, 5.74) is -0.170. The van der Waals surface area contributed by atoms with E-state index in [0.29, 0.717) is 16.7 Å². The van der Waals surface area contributed by atoms with E-state index < -0.39 is 0 Å². The van der Waals surface area contributed by atoms with E-state index in [9.17, 15) is 4.79 Å². The molecule has 0 bridgehead atoms. The average molecular weight is 327 g/mol. The topological polar surface area (TPSA) is 85.8 Å². The Bertz CT molecular complexity index is 481. The highest BCUT2D eigenvalue weighted by Crippen LogP contribution is 2.23. The monoisotopic (exact) mass is 327 g/mol. The Labute approximate surface area is 137 Å². The maximum Gasteiger partial charge on any atom is 0.230 e. The summed E-state index contributed by atoms with van der Waals surface area (Å²) in [5.74, 6) is 7.02. The molecule has 0 aliphatic rings. The van der Waals surface area contributed by atoms with Crippen molar-refractivity contribution in [3.05, 3.63) is 5.82 Å². The van der Waals surface area contributed by atoms with Crippen molar-refractivity contribution in [3.63, 3.8) is 0 Å². The fourth-order valence-corrected chi connectivity index (χ4v) is 2.77. The first-order chi connectivity index (χ1) is 10.3. The molecule has 0 aliphatic carbocycles. The number of carbonyl (C=O) groups is 1. The molecule has 0 radical (unpaired) electrons. The van der Waals surface area contributed by atoms with Crippen molar-refractivity contribution in [2.75, 3.05) is 11.6 Å². The molecule has 0 saturated carbocycles. The van der Waals surface area contributed by atoms with Crippen LogP contribution in [-0.2, 0) is 10.2 Å². The molecule has 0 aliphatic heterocycles. The molecule has 6 nitrogen and oxygen atoms in total. The predicted molar refractivity (Wildman–Crippen MR) is 91.3 cm³/mol. The third kappa shape index (κ3) is 5.87. The molecular formula is C15H29N5OS. The molecule has 1 heterocycles. The van der Waals surface area contributed by atoms with Crippen LogP contribution in [0.5, 0.6) is 0 Å². The van der Waals surface area contributed by atoms with E-state index in [-0.39, 0.29) is 17.4 Å². The number of nitrogen functional groups attached to an aromatic ring is 1. The van der Waals surface area contributed by atoms with Crippen LogP contribution in [0.3, 0.4) is 0 Å². The molecule has 3 N–H and O–H groups in total. The Morgan fingerprint density at radius 2 is 2.05 bits per heavy atom. The van der Waals surface area contributed by atoms with Crippen LogP contribution in [0.4, 0.5) is 0 Å². The second-order valence-electron chi connectivity index (χ2n) is 6.68. The molecule has 22 heavy (non-hydrogen) atoms. The molecule has 126 valence electrons. The van der Waals surface area contributed by atoms with Crippen LogP contribution in [-0.4, -0.2) is 32.6 Å². The molecule has 1 rings (SSSR count). The molecular weight excluding hydrogens is 298 g/mol. The minimum atomic E-state index is -0.170.